The number of hydrogen-bond donors (Lipinski definition) is 2. The van der Waals surface area contributed by atoms with Gasteiger partial charge >= 0.3 is 0 Å². The fourth-order valence-electron chi connectivity index (χ4n) is 4.61. The number of anilines is 1. The number of nitrogens with one attached hydrogen (secondary N) is 2. The first-order valence-corrected chi connectivity index (χ1v) is 12.2. The molecule has 1 saturated heterocycles. The molecule has 7 heteroatoms. The van der Waals surface area contributed by atoms with Crippen molar-refractivity contribution in [1.82, 2.24) is 20.5 Å². The van der Waals surface area contributed by atoms with Gasteiger partial charge in [-0.1, -0.05) is 25.3 Å². The minimum absolute atomic E-state index is 0.251. The van der Waals surface area contributed by atoms with Crippen LogP contribution >= 0.6 is 0 Å². The van der Waals surface area contributed by atoms with Crippen molar-refractivity contribution in [2.45, 2.75) is 71.9 Å². The Morgan fingerprint density at radius 2 is 1.94 bits per heavy atom. The second-order valence-corrected chi connectivity index (χ2v) is 8.64. The molecule has 1 aromatic rings. The lowest BCUT2D eigenvalue weighted by atomic mass is 9.88. The Balaban J connectivity index is 1.53. The minimum Gasteiger partial charge on any atom is -0.357 e. The van der Waals surface area contributed by atoms with E-state index in [1.807, 2.05) is 6.20 Å². The van der Waals surface area contributed by atoms with E-state index in [-0.39, 0.29) is 12.0 Å². The van der Waals surface area contributed by atoms with Crippen LogP contribution in [0.15, 0.2) is 23.3 Å². The minimum atomic E-state index is 0.251. The first-order chi connectivity index (χ1) is 15.1. The first kappa shape index (κ1) is 23.4. The highest BCUT2D eigenvalue weighted by Crippen LogP contribution is 2.26. The highest BCUT2D eigenvalue weighted by Gasteiger charge is 2.31. The molecule has 1 amide bonds. The van der Waals surface area contributed by atoms with Crippen molar-refractivity contribution < 1.29 is 4.79 Å². The van der Waals surface area contributed by atoms with Gasteiger partial charge in [-0.3, -0.25) is 4.79 Å². The molecule has 2 N–H and O–H groups in total. The third-order valence-corrected chi connectivity index (χ3v) is 6.46. The van der Waals surface area contributed by atoms with Crippen molar-refractivity contribution in [3.63, 3.8) is 0 Å². The number of carbonyl (C=O) groups excluding carboxylic acids is 1. The van der Waals surface area contributed by atoms with E-state index in [1.54, 1.807) is 0 Å². The smallest absolute Gasteiger partial charge is 0.225 e. The number of carbonyl (C=O) groups is 1. The summed E-state index contributed by atoms with van der Waals surface area (Å²) in [6, 6.07) is 4.44. The zero-order valence-electron chi connectivity index (χ0n) is 19.6. The number of aliphatic imine (C=N–C) groups is 1. The lowest BCUT2D eigenvalue weighted by Crippen LogP contribution is -2.45. The van der Waals surface area contributed by atoms with Gasteiger partial charge in [0, 0.05) is 50.9 Å². The molecule has 0 aromatic carbocycles. The molecule has 1 saturated carbocycles. The molecule has 3 rings (SSSR count). The van der Waals surface area contributed by atoms with Crippen LogP contribution in [-0.2, 0) is 11.3 Å². The molecule has 2 heterocycles. The maximum absolute atomic E-state index is 12.8. The molecule has 1 atom stereocenters. The largest absolute Gasteiger partial charge is 0.357 e. The third-order valence-electron chi connectivity index (χ3n) is 6.46. The van der Waals surface area contributed by atoms with Gasteiger partial charge in [0.15, 0.2) is 5.96 Å². The number of pyridine rings is 1. The van der Waals surface area contributed by atoms with E-state index in [2.05, 4.69) is 58.3 Å². The molecule has 1 aromatic heterocycles. The van der Waals surface area contributed by atoms with Crippen molar-refractivity contribution in [3.05, 3.63) is 23.9 Å². The summed E-state index contributed by atoms with van der Waals surface area (Å²) in [4.78, 5) is 26.5. The number of amides is 1. The van der Waals surface area contributed by atoms with Gasteiger partial charge in [-0.2, -0.15) is 0 Å². The maximum Gasteiger partial charge on any atom is 0.225 e. The van der Waals surface area contributed by atoms with E-state index < -0.39 is 0 Å². The Morgan fingerprint density at radius 1 is 1.16 bits per heavy atom. The zero-order valence-corrected chi connectivity index (χ0v) is 19.6. The summed E-state index contributed by atoms with van der Waals surface area (Å²) in [5.74, 6) is 2.44. The Hall–Kier alpha value is -2.31. The zero-order chi connectivity index (χ0) is 22.1. The lowest BCUT2D eigenvalue weighted by Gasteiger charge is -2.26. The van der Waals surface area contributed by atoms with Gasteiger partial charge in [0.25, 0.3) is 0 Å². The van der Waals surface area contributed by atoms with Crippen molar-refractivity contribution in [1.29, 1.82) is 0 Å². The van der Waals surface area contributed by atoms with Crippen LogP contribution in [0.25, 0.3) is 0 Å². The molecule has 1 aliphatic heterocycles. The Kier molecular flexibility index (Phi) is 8.98. The van der Waals surface area contributed by atoms with E-state index in [0.717, 1.165) is 69.3 Å². The summed E-state index contributed by atoms with van der Waals surface area (Å²) in [6.45, 7) is 11.3. The average molecular weight is 429 g/mol. The van der Waals surface area contributed by atoms with Crippen LogP contribution < -0.4 is 15.5 Å². The van der Waals surface area contributed by atoms with E-state index in [1.165, 1.54) is 19.3 Å². The second kappa shape index (κ2) is 11.9. The van der Waals surface area contributed by atoms with Crippen molar-refractivity contribution in [2.24, 2.45) is 10.9 Å². The predicted octanol–water partition coefficient (Wildman–Crippen LogP) is 3.16. The predicted molar refractivity (Wildman–Crippen MR) is 127 cm³/mol. The standard InChI is InChI=1S/C24H40N6O/c1-4-25-24(27-17-19-12-13-22(26-16-19)29(5-2)6-3)28-21-14-15-30(18-21)23(31)20-10-8-7-9-11-20/h12-13,16,20-21H,4-11,14-15,17-18H2,1-3H3,(H2,25,27,28). The molecule has 2 aliphatic rings. The van der Waals surface area contributed by atoms with E-state index >= 15 is 0 Å². The van der Waals surface area contributed by atoms with Gasteiger partial charge in [0.1, 0.15) is 5.82 Å². The quantitative estimate of drug-likeness (QED) is 0.492. The summed E-state index contributed by atoms with van der Waals surface area (Å²) in [7, 11) is 0. The number of rotatable bonds is 8. The molecular formula is C24H40N6O. The molecule has 0 spiro atoms. The number of guanidine groups is 1. The number of aromatic nitrogens is 1. The van der Waals surface area contributed by atoms with Crippen LogP contribution in [0.5, 0.6) is 0 Å². The highest BCUT2D eigenvalue weighted by atomic mass is 16.2. The van der Waals surface area contributed by atoms with Gasteiger partial charge in [0.2, 0.25) is 5.91 Å². The second-order valence-electron chi connectivity index (χ2n) is 8.64. The summed E-state index contributed by atoms with van der Waals surface area (Å²) in [5.41, 5.74) is 1.09. The number of nitrogens with zero attached hydrogens (tertiary/aromatic N) is 4. The van der Waals surface area contributed by atoms with Gasteiger partial charge in [-0.25, -0.2) is 9.98 Å². The fourth-order valence-corrected chi connectivity index (χ4v) is 4.61. The molecule has 0 radical (unpaired) electrons. The van der Waals surface area contributed by atoms with Crippen molar-refractivity contribution in [3.8, 4) is 0 Å². The van der Waals surface area contributed by atoms with Crippen LogP contribution in [-0.4, -0.2) is 60.5 Å². The fraction of sp³-hybridized carbons (Fsp3) is 0.708. The summed E-state index contributed by atoms with van der Waals surface area (Å²) >= 11 is 0. The average Bonchev–Trinajstić information content (AvgIpc) is 3.28. The van der Waals surface area contributed by atoms with Crippen LogP contribution in [0.3, 0.4) is 0 Å². The molecule has 1 aliphatic carbocycles. The molecule has 0 bridgehead atoms. The number of hydrogen-bond acceptors (Lipinski definition) is 4. The monoisotopic (exact) mass is 428 g/mol. The van der Waals surface area contributed by atoms with Crippen LogP contribution in [0.2, 0.25) is 0 Å². The van der Waals surface area contributed by atoms with E-state index in [4.69, 9.17) is 4.99 Å². The summed E-state index contributed by atoms with van der Waals surface area (Å²) in [6.07, 6.45) is 8.72. The third kappa shape index (κ3) is 6.58. The van der Waals surface area contributed by atoms with Crippen LogP contribution in [0.1, 0.15) is 64.9 Å². The van der Waals surface area contributed by atoms with Crippen molar-refractivity contribution in [2.75, 3.05) is 37.6 Å². The van der Waals surface area contributed by atoms with E-state index in [9.17, 15) is 4.79 Å². The van der Waals surface area contributed by atoms with Gasteiger partial charge < -0.3 is 20.4 Å². The summed E-state index contributed by atoms with van der Waals surface area (Å²) in [5, 5.41) is 6.88. The topological polar surface area (TPSA) is 72.9 Å². The molecule has 172 valence electrons. The van der Waals surface area contributed by atoms with Gasteiger partial charge in [-0.05, 0) is 51.7 Å². The maximum atomic E-state index is 12.8. The van der Waals surface area contributed by atoms with Gasteiger partial charge in [-0.15, -0.1) is 0 Å². The normalized spacial score (nSPS) is 20.0. The SMILES string of the molecule is CCNC(=NCc1ccc(N(CC)CC)nc1)NC1CCN(C(=O)C2CCCCC2)C1. The van der Waals surface area contributed by atoms with Crippen LogP contribution in [0, 0.1) is 5.92 Å². The Labute approximate surface area is 187 Å². The van der Waals surface area contributed by atoms with Crippen molar-refractivity contribution >= 4 is 17.7 Å². The molecule has 1 unspecified atom stereocenters. The lowest BCUT2D eigenvalue weighted by molar-refractivity contribution is -0.135. The first-order valence-electron chi connectivity index (χ1n) is 12.2. The highest BCUT2D eigenvalue weighted by molar-refractivity contribution is 5.81. The van der Waals surface area contributed by atoms with E-state index in [0.29, 0.717) is 12.5 Å². The van der Waals surface area contributed by atoms with Crippen LogP contribution in [0.4, 0.5) is 5.82 Å². The molecular weight excluding hydrogens is 388 g/mol. The molecule has 7 nitrogen and oxygen atoms in total. The van der Waals surface area contributed by atoms with Gasteiger partial charge in [0.05, 0.1) is 6.54 Å². The molecule has 2 fully saturated rings. The summed E-state index contributed by atoms with van der Waals surface area (Å²) < 4.78 is 0. The Bertz CT molecular complexity index is 709. The molecule has 31 heavy (non-hydrogen) atoms. The number of likely N-dealkylation sites (tertiary alicyclic amines) is 1. The Morgan fingerprint density at radius 3 is 2.58 bits per heavy atom.